The summed E-state index contributed by atoms with van der Waals surface area (Å²) in [5, 5.41) is 11.8. The molecule has 0 saturated heterocycles. The molecule has 138 valence electrons. The van der Waals surface area contributed by atoms with Gasteiger partial charge in [0.2, 0.25) is 10.0 Å². The first-order chi connectivity index (χ1) is 10.9. The van der Waals surface area contributed by atoms with E-state index in [4.69, 9.17) is 5.14 Å². The Kier molecular flexibility index (Phi) is 8.43. The Bertz CT molecular complexity index is 649. The zero-order valence-corrected chi connectivity index (χ0v) is 18.1. The fourth-order valence-electron chi connectivity index (χ4n) is 2.70. The molecule has 2 rings (SSSR count). The van der Waals surface area contributed by atoms with Gasteiger partial charge in [0.05, 0.1) is 6.54 Å². The average molecular weight is 486 g/mol. The molecule has 1 aromatic rings. The number of guanidine groups is 1. The highest BCUT2D eigenvalue weighted by Crippen LogP contribution is 2.42. The number of hydrogen-bond donors (Lipinski definition) is 3. The van der Waals surface area contributed by atoms with Crippen LogP contribution in [-0.4, -0.2) is 27.5 Å². The SMILES string of the molecule is CCNC(=NCc1ccc(S(N)(=O)=O)s1)NCC1(CC)CCC1.I. The molecule has 6 nitrogen and oxygen atoms in total. The Hall–Kier alpha value is -0.390. The van der Waals surface area contributed by atoms with Crippen molar-refractivity contribution in [1.29, 1.82) is 0 Å². The minimum atomic E-state index is -3.62. The molecule has 0 atom stereocenters. The number of nitrogens with zero attached hydrogens (tertiary/aromatic N) is 1. The second-order valence-corrected chi connectivity index (χ2v) is 8.98. The van der Waals surface area contributed by atoms with E-state index >= 15 is 0 Å². The van der Waals surface area contributed by atoms with Crippen LogP contribution in [0.15, 0.2) is 21.3 Å². The van der Waals surface area contributed by atoms with Gasteiger partial charge in [-0.15, -0.1) is 35.3 Å². The first kappa shape index (κ1) is 21.7. The molecule has 24 heavy (non-hydrogen) atoms. The molecule has 0 bridgehead atoms. The van der Waals surface area contributed by atoms with Crippen LogP contribution in [0.3, 0.4) is 0 Å². The van der Waals surface area contributed by atoms with E-state index in [1.165, 1.54) is 43.1 Å². The predicted molar refractivity (Wildman–Crippen MR) is 111 cm³/mol. The molecule has 0 spiro atoms. The van der Waals surface area contributed by atoms with Crippen LogP contribution in [0.2, 0.25) is 0 Å². The number of primary sulfonamides is 1. The third kappa shape index (κ3) is 5.85. The van der Waals surface area contributed by atoms with Gasteiger partial charge in [0.1, 0.15) is 4.21 Å². The van der Waals surface area contributed by atoms with Gasteiger partial charge in [-0.2, -0.15) is 0 Å². The number of nitrogens with two attached hydrogens (primary N) is 1. The topological polar surface area (TPSA) is 96.6 Å². The Morgan fingerprint density at radius 1 is 1.33 bits per heavy atom. The van der Waals surface area contributed by atoms with Gasteiger partial charge >= 0.3 is 0 Å². The molecule has 0 aliphatic heterocycles. The monoisotopic (exact) mass is 486 g/mol. The fraction of sp³-hybridized carbons (Fsp3) is 0.667. The van der Waals surface area contributed by atoms with Crippen molar-refractivity contribution in [2.75, 3.05) is 13.1 Å². The summed E-state index contributed by atoms with van der Waals surface area (Å²) < 4.78 is 22.8. The lowest BCUT2D eigenvalue weighted by Gasteiger charge is -2.41. The molecular formula is C15H27IN4O2S2. The van der Waals surface area contributed by atoms with Crippen molar-refractivity contribution in [2.45, 2.75) is 50.3 Å². The van der Waals surface area contributed by atoms with Gasteiger partial charge < -0.3 is 10.6 Å². The summed E-state index contributed by atoms with van der Waals surface area (Å²) in [6.07, 6.45) is 5.05. The van der Waals surface area contributed by atoms with Gasteiger partial charge in [0, 0.05) is 18.0 Å². The molecule has 1 saturated carbocycles. The zero-order valence-electron chi connectivity index (χ0n) is 14.2. The molecule has 1 fully saturated rings. The molecule has 1 heterocycles. The van der Waals surface area contributed by atoms with Crippen LogP contribution in [0.5, 0.6) is 0 Å². The summed E-state index contributed by atoms with van der Waals surface area (Å²) in [7, 11) is -3.62. The van der Waals surface area contributed by atoms with Gasteiger partial charge in [-0.3, -0.25) is 0 Å². The van der Waals surface area contributed by atoms with E-state index in [1.54, 1.807) is 6.07 Å². The van der Waals surface area contributed by atoms with E-state index in [1.807, 2.05) is 6.92 Å². The minimum Gasteiger partial charge on any atom is -0.357 e. The molecule has 1 aliphatic rings. The van der Waals surface area contributed by atoms with Crippen molar-refractivity contribution in [3.8, 4) is 0 Å². The molecule has 4 N–H and O–H groups in total. The van der Waals surface area contributed by atoms with E-state index < -0.39 is 10.0 Å². The number of thiophene rings is 1. The quantitative estimate of drug-likeness (QED) is 0.314. The summed E-state index contributed by atoms with van der Waals surface area (Å²) in [4.78, 5) is 5.42. The van der Waals surface area contributed by atoms with Gasteiger partial charge in [0.25, 0.3) is 0 Å². The molecule has 1 aliphatic carbocycles. The first-order valence-electron chi connectivity index (χ1n) is 8.02. The van der Waals surface area contributed by atoms with E-state index in [2.05, 4.69) is 22.5 Å². The second kappa shape index (κ2) is 9.35. The summed E-state index contributed by atoms with van der Waals surface area (Å²) >= 11 is 1.17. The summed E-state index contributed by atoms with van der Waals surface area (Å²) in [6, 6.07) is 3.29. The maximum atomic E-state index is 11.3. The maximum absolute atomic E-state index is 11.3. The van der Waals surface area contributed by atoms with Gasteiger partial charge in [0.15, 0.2) is 5.96 Å². The number of aliphatic imine (C=N–C) groups is 1. The standard InChI is InChI=1S/C15H26N4O2S2.HI/c1-3-15(8-5-9-15)11-19-14(17-4-2)18-10-12-6-7-13(22-12)23(16,20)21;/h6-7H,3-5,8-11H2,1-2H3,(H2,16,20,21)(H2,17,18,19);1H. The van der Waals surface area contributed by atoms with Crippen molar-refractivity contribution in [2.24, 2.45) is 15.5 Å². The smallest absolute Gasteiger partial charge is 0.247 e. The van der Waals surface area contributed by atoms with Crippen LogP contribution in [0, 0.1) is 5.41 Å². The van der Waals surface area contributed by atoms with Crippen LogP contribution in [0.4, 0.5) is 0 Å². The van der Waals surface area contributed by atoms with E-state index in [-0.39, 0.29) is 28.2 Å². The zero-order chi connectivity index (χ0) is 16.9. The number of rotatable bonds is 7. The van der Waals surface area contributed by atoms with E-state index in [9.17, 15) is 8.42 Å². The van der Waals surface area contributed by atoms with Crippen molar-refractivity contribution >= 4 is 51.3 Å². The first-order valence-corrected chi connectivity index (χ1v) is 10.4. The summed E-state index contributed by atoms with van der Waals surface area (Å²) in [5.41, 5.74) is 0.417. The lowest BCUT2D eigenvalue weighted by Crippen LogP contribution is -2.46. The maximum Gasteiger partial charge on any atom is 0.247 e. The van der Waals surface area contributed by atoms with Crippen LogP contribution in [-0.2, 0) is 16.6 Å². The Balaban J connectivity index is 0.00000288. The summed E-state index contributed by atoms with van der Waals surface area (Å²) in [6.45, 7) is 6.43. The Morgan fingerprint density at radius 2 is 2.04 bits per heavy atom. The van der Waals surface area contributed by atoms with Gasteiger partial charge in [-0.25, -0.2) is 18.5 Å². The molecule has 0 unspecified atom stereocenters. The van der Waals surface area contributed by atoms with Crippen LogP contribution in [0.25, 0.3) is 0 Å². The highest BCUT2D eigenvalue weighted by Gasteiger charge is 2.34. The number of nitrogens with one attached hydrogen (secondary N) is 2. The minimum absolute atomic E-state index is 0. The lowest BCUT2D eigenvalue weighted by atomic mass is 9.67. The molecule has 0 aromatic carbocycles. The molecule has 1 aromatic heterocycles. The number of sulfonamides is 1. The van der Waals surface area contributed by atoms with Crippen molar-refractivity contribution in [3.63, 3.8) is 0 Å². The number of halogens is 1. The third-order valence-electron chi connectivity index (χ3n) is 4.45. The predicted octanol–water partition coefficient (Wildman–Crippen LogP) is 2.65. The third-order valence-corrected chi connectivity index (χ3v) is 6.96. The summed E-state index contributed by atoms with van der Waals surface area (Å²) in [5.74, 6) is 0.776. The van der Waals surface area contributed by atoms with Crippen molar-refractivity contribution in [3.05, 3.63) is 17.0 Å². The Labute approximate surface area is 165 Å². The molecule has 0 radical (unpaired) electrons. The second-order valence-electron chi connectivity index (χ2n) is 6.02. The molecule has 0 amide bonds. The van der Waals surface area contributed by atoms with Gasteiger partial charge in [-0.05, 0) is 43.7 Å². The number of hydrogen-bond acceptors (Lipinski definition) is 4. The molecular weight excluding hydrogens is 459 g/mol. The lowest BCUT2D eigenvalue weighted by molar-refractivity contribution is 0.131. The van der Waals surface area contributed by atoms with Crippen molar-refractivity contribution in [1.82, 2.24) is 10.6 Å². The van der Waals surface area contributed by atoms with Crippen molar-refractivity contribution < 1.29 is 8.42 Å². The fourth-order valence-corrected chi connectivity index (χ4v) is 4.40. The normalized spacial score (nSPS) is 16.9. The highest BCUT2D eigenvalue weighted by atomic mass is 127. The average Bonchev–Trinajstić information content (AvgIpc) is 2.93. The van der Waals surface area contributed by atoms with Crippen LogP contribution < -0.4 is 15.8 Å². The molecule has 9 heteroatoms. The van der Waals surface area contributed by atoms with E-state index in [0.29, 0.717) is 12.0 Å². The largest absolute Gasteiger partial charge is 0.357 e. The highest BCUT2D eigenvalue weighted by molar-refractivity contribution is 14.0. The van der Waals surface area contributed by atoms with Gasteiger partial charge in [-0.1, -0.05) is 13.3 Å². The van der Waals surface area contributed by atoms with Crippen LogP contribution in [0.1, 0.15) is 44.4 Å². The van der Waals surface area contributed by atoms with Crippen LogP contribution >= 0.6 is 35.3 Å². The Morgan fingerprint density at radius 3 is 2.50 bits per heavy atom. The van der Waals surface area contributed by atoms with E-state index in [0.717, 1.165) is 23.9 Å².